The van der Waals surface area contributed by atoms with E-state index in [2.05, 4.69) is 20.8 Å². The van der Waals surface area contributed by atoms with Crippen LogP contribution in [0.25, 0.3) is 5.69 Å². The molecule has 0 spiro atoms. The molecule has 1 fully saturated rings. The van der Waals surface area contributed by atoms with Crippen molar-refractivity contribution in [1.29, 1.82) is 0 Å². The Bertz CT molecular complexity index is 625. The Balaban J connectivity index is 0.00000176. The smallest absolute Gasteiger partial charge is 0.256 e. The number of tetrazole rings is 1. The first-order chi connectivity index (χ1) is 10.3. The molecule has 0 bridgehead atoms. The average molecular weight is 343 g/mol. The highest BCUT2D eigenvalue weighted by atomic mass is 35.5. The third-order valence-corrected chi connectivity index (χ3v) is 3.65. The molecule has 0 atom stereocenters. The van der Waals surface area contributed by atoms with E-state index >= 15 is 0 Å². The fourth-order valence-corrected chi connectivity index (χ4v) is 2.54. The van der Waals surface area contributed by atoms with Gasteiger partial charge < -0.3 is 10.2 Å². The molecule has 1 N–H and O–H groups in total. The molecule has 0 saturated carbocycles. The number of nitrogens with zero attached hydrogens (tertiary/aromatic N) is 5. The van der Waals surface area contributed by atoms with Gasteiger partial charge in [0.05, 0.1) is 11.3 Å². The summed E-state index contributed by atoms with van der Waals surface area (Å²) in [6, 6.07) is 5.14. The van der Waals surface area contributed by atoms with Gasteiger partial charge in [-0.2, -0.15) is 4.68 Å². The van der Waals surface area contributed by atoms with Gasteiger partial charge >= 0.3 is 0 Å². The van der Waals surface area contributed by atoms with Gasteiger partial charge in [-0.15, -0.1) is 17.5 Å². The second kappa shape index (κ2) is 7.53. The maximum atomic E-state index is 12.8. The van der Waals surface area contributed by atoms with Gasteiger partial charge in [0.1, 0.15) is 6.33 Å². The summed E-state index contributed by atoms with van der Waals surface area (Å²) in [5.41, 5.74) is 1.14. The molecule has 0 aliphatic carbocycles. The van der Waals surface area contributed by atoms with Crippen LogP contribution in [0.5, 0.6) is 0 Å². The Morgan fingerprint density at radius 2 is 2.14 bits per heavy atom. The molecule has 2 aromatic rings. The predicted molar refractivity (Wildman–Crippen MR) is 84.8 cm³/mol. The molecule has 0 radical (unpaired) electrons. The molecule has 22 heavy (non-hydrogen) atoms. The van der Waals surface area contributed by atoms with E-state index in [-0.39, 0.29) is 18.3 Å². The molecule has 1 aliphatic rings. The summed E-state index contributed by atoms with van der Waals surface area (Å²) in [6.07, 6.45) is 2.40. The van der Waals surface area contributed by atoms with E-state index < -0.39 is 0 Å². The monoisotopic (exact) mass is 342 g/mol. The van der Waals surface area contributed by atoms with Crippen molar-refractivity contribution in [1.82, 2.24) is 30.4 Å². The lowest BCUT2D eigenvalue weighted by Gasteiger charge is -2.21. The van der Waals surface area contributed by atoms with Crippen LogP contribution >= 0.6 is 24.0 Å². The van der Waals surface area contributed by atoms with Crippen LogP contribution in [0.1, 0.15) is 16.8 Å². The van der Waals surface area contributed by atoms with E-state index in [4.69, 9.17) is 11.6 Å². The first-order valence-electron chi connectivity index (χ1n) is 6.78. The highest BCUT2D eigenvalue weighted by molar-refractivity contribution is 6.31. The molecule has 1 aromatic heterocycles. The van der Waals surface area contributed by atoms with Gasteiger partial charge in [-0.1, -0.05) is 11.6 Å². The zero-order valence-electron chi connectivity index (χ0n) is 11.8. The SMILES string of the molecule is Cl.O=C(c1cc(Cl)ccc1-n1cnnn1)N1CCCNCC1. The molecule has 2 heterocycles. The van der Waals surface area contributed by atoms with E-state index in [1.54, 1.807) is 18.2 Å². The number of amides is 1. The fourth-order valence-electron chi connectivity index (χ4n) is 2.37. The zero-order chi connectivity index (χ0) is 14.7. The molecule has 1 aliphatic heterocycles. The van der Waals surface area contributed by atoms with Crippen LogP contribution in [0.3, 0.4) is 0 Å². The number of halogens is 2. The number of rotatable bonds is 2. The lowest BCUT2D eigenvalue weighted by atomic mass is 10.1. The molecule has 0 unspecified atom stereocenters. The van der Waals surface area contributed by atoms with Crippen LogP contribution in [-0.4, -0.2) is 57.2 Å². The summed E-state index contributed by atoms with van der Waals surface area (Å²) in [5.74, 6) is -0.0494. The number of benzene rings is 1. The van der Waals surface area contributed by atoms with Crippen molar-refractivity contribution < 1.29 is 4.79 Å². The van der Waals surface area contributed by atoms with Crippen molar-refractivity contribution in [2.45, 2.75) is 6.42 Å². The number of nitrogens with one attached hydrogen (secondary N) is 1. The first kappa shape index (κ1) is 16.7. The maximum Gasteiger partial charge on any atom is 0.256 e. The second-order valence-electron chi connectivity index (χ2n) is 4.81. The minimum absolute atomic E-state index is 0. The lowest BCUT2D eigenvalue weighted by Crippen LogP contribution is -2.34. The molecule has 1 saturated heterocycles. The molecule has 7 nitrogen and oxygen atoms in total. The summed E-state index contributed by atoms with van der Waals surface area (Å²) < 4.78 is 1.47. The topological polar surface area (TPSA) is 75.9 Å². The molecular weight excluding hydrogens is 327 g/mol. The number of carbonyl (C=O) groups is 1. The number of hydrogen-bond acceptors (Lipinski definition) is 5. The van der Waals surface area contributed by atoms with Crippen molar-refractivity contribution in [2.75, 3.05) is 26.2 Å². The largest absolute Gasteiger partial charge is 0.337 e. The van der Waals surface area contributed by atoms with Crippen molar-refractivity contribution in [2.24, 2.45) is 0 Å². The van der Waals surface area contributed by atoms with E-state index in [0.29, 0.717) is 22.8 Å². The predicted octanol–water partition coefficient (Wildman–Crippen LogP) is 1.17. The fraction of sp³-hybridized carbons (Fsp3) is 0.385. The minimum atomic E-state index is -0.0494. The quantitative estimate of drug-likeness (QED) is 0.886. The summed E-state index contributed by atoms with van der Waals surface area (Å²) >= 11 is 6.05. The third-order valence-electron chi connectivity index (χ3n) is 3.41. The summed E-state index contributed by atoms with van der Waals surface area (Å²) in [5, 5.41) is 14.9. The standard InChI is InChI=1S/C13H15ClN6O.ClH/c14-10-2-3-12(20-9-16-17-18-20)11(8-10)13(21)19-6-1-4-15-5-7-19;/h2-3,8-9,15H,1,4-7H2;1H. The number of hydrogen-bond donors (Lipinski definition) is 1. The first-order valence-corrected chi connectivity index (χ1v) is 7.16. The molecule has 9 heteroatoms. The lowest BCUT2D eigenvalue weighted by molar-refractivity contribution is 0.0766. The molecule has 3 rings (SSSR count). The number of aromatic nitrogens is 4. The molecule has 118 valence electrons. The average Bonchev–Trinajstić information content (AvgIpc) is 2.88. The van der Waals surface area contributed by atoms with Crippen molar-refractivity contribution in [3.05, 3.63) is 35.1 Å². The van der Waals surface area contributed by atoms with Gasteiger partial charge in [0.2, 0.25) is 0 Å². The van der Waals surface area contributed by atoms with Crippen LogP contribution in [0.2, 0.25) is 5.02 Å². The van der Waals surface area contributed by atoms with Gasteiger partial charge in [-0.25, -0.2) is 0 Å². The summed E-state index contributed by atoms with van der Waals surface area (Å²) in [7, 11) is 0. The highest BCUT2D eigenvalue weighted by Gasteiger charge is 2.21. The van der Waals surface area contributed by atoms with Crippen molar-refractivity contribution in [3.63, 3.8) is 0 Å². The van der Waals surface area contributed by atoms with E-state index in [1.165, 1.54) is 11.0 Å². The van der Waals surface area contributed by atoms with E-state index in [0.717, 1.165) is 26.1 Å². The zero-order valence-corrected chi connectivity index (χ0v) is 13.3. The second-order valence-corrected chi connectivity index (χ2v) is 5.25. The third kappa shape index (κ3) is 3.55. The molecule has 1 aromatic carbocycles. The van der Waals surface area contributed by atoms with Crippen LogP contribution in [0.15, 0.2) is 24.5 Å². The van der Waals surface area contributed by atoms with E-state index in [9.17, 15) is 4.79 Å². The highest BCUT2D eigenvalue weighted by Crippen LogP contribution is 2.21. The van der Waals surface area contributed by atoms with Gasteiger partial charge in [0.15, 0.2) is 0 Å². The van der Waals surface area contributed by atoms with Crippen LogP contribution in [0, 0.1) is 0 Å². The van der Waals surface area contributed by atoms with Gasteiger partial charge in [-0.3, -0.25) is 4.79 Å². The molecular formula is C13H16Cl2N6O. The molecule has 1 amide bonds. The van der Waals surface area contributed by atoms with Crippen molar-refractivity contribution in [3.8, 4) is 5.69 Å². The van der Waals surface area contributed by atoms with Gasteiger partial charge in [0, 0.05) is 24.7 Å². The minimum Gasteiger partial charge on any atom is -0.337 e. The van der Waals surface area contributed by atoms with Crippen LogP contribution in [0.4, 0.5) is 0 Å². The van der Waals surface area contributed by atoms with Crippen molar-refractivity contribution >= 4 is 29.9 Å². The number of carbonyl (C=O) groups excluding carboxylic acids is 1. The van der Waals surface area contributed by atoms with Gasteiger partial charge in [0.25, 0.3) is 5.91 Å². The Morgan fingerprint density at radius 3 is 2.91 bits per heavy atom. The Hall–Kier alpha value is -1.70. The Labute approximate surface area is 139 Å². The summed E-state index contributed by atoms with van der Waals surface area (Å²) in [4.78, 5) is 14.6. The van der Waals surface area contributed by atoms with E-state index in [1.807, 2.05) is 4.90 Å². The maximum absolute atomic E-state index is 12.8. The van der Waals surface area contributed by atoms with Crippen LogP contribution < -0.4 is 5.32 Å². The summed E-state index contributed by atoms with van der Waals surface area (Å²) in [6.45, 7) is 3.14. The van der Waals surface area contributed by atoms with Gasteiger partial charge in [-0.05, 0) is 41.6 Å². The van der Waals surface area contributed by atoms with Crippen LogP contribution in [-0.2, 0) is 0 Å². The Kier molecular flexibility index (Phi) is 5.70. The Morgan fingerprint density at radius 1 is 1.27 bits per heavy atom. The normalized spacial score (nSPS) is 15.0.